The monoisotopic (exact) mass is 336 g/mol. The lowest BCUT2D eigenvalue weighted by molar-refractivity contribution is -0.300. The Morgan fingerprint density at radius 3 is 2.25 bits per heavy atom. The van der Waals surface area contributed by atoms with Gasteiger partial charge in [0, 0.05) is 0 Å². The van der Waals surface area contributed by atoms with Gasteiger partial charge in [-0.05, 0) is 23.0 Å². The average Bonchev–Trinajstić information content (AvgIpc) is 2.69. The molecule has 0 bridgehead atoms. The van der Waals surface area contributed by atoms with Crippen LogP contribution >= 0.6 is 22.9 Å². The molecule has 0 fully saturated rings. The van der Waals surface area contributed by atoms with E-state index >= 15 is 0 Å². The first kappa shape index (κ1) is 15.1. The van der Waals surface area contributed by atoms with Gasteiger partial charge in [-0.2, -0.15) is 31.3 Å². The third kappa shape index (κ3) is 3.06. The van der Waals surface area contributed by atoms with Crippen LogP contribution in [-0.2, 0) is 0 Å². The van der Waals surface area contributed by atoms with Gasteiger partial charge in [0.2, 0.25) is 11.2 Å². The number of hydrogen-bond acceptors (Lipinski definition) is 4. The van der Waals surface area contributed by atoms with Crippen LogP contribution in [0, 0.1) is 0 Å². The highest BCUT2D eigenvalue weighted by Gasteiger charge is 2.59. The minimum Gasteiger partial charge on any atom is -0.454 e. The molecular formula is C9H3ClF6N2OS. The fourth-order valence-corrected chi connectivity index (χ4v) is 2.29. The van der Waals surface area contributed by atoms with E-state index in [1.807, 2.05) is 0 Å². The predicted molar refractivity (Wildman–Crippen MR) is 59.0 cm³/mol. The van der Waals surface area contributed by atoms with E-state index in [0.29, 0.717) is 0 Å². The maximum absolute atomic E-state index is 12.4. The van der Waals surface area contributed by atoms with Crippen LogP contribution in [-0.4, -0.2) is 28.4 Å². The molecule has 20 heavy (non-hydrogen) atoms. The first-order valence-electron chi connectivity index (χ1n) is 4.80. The van der Waals surface area contributed by atoms with Gasteiger partial charge in [0.15, 0.2) is 0 Å². The summed E-state index contributed by atoms with van der Waals surface area (Å²) < 4.78 is 78.5. The van der Waals surface area contributed by atoms with Gasteiger partial charge in [-0.3, -0.25) is 0 Å². The van der Waals surface area contributed by atoms with Gasteiger partial charge in [0.05, 0.1) is 5.39 Å². The molecule has 0 amide bonds. The Kier molecular flexibility index (Phi) is 3.71. The summed E-state index contributed by atoms with van der Waals surface area (Å²) >= 11 is 6.41. The molecule has 11 heteroatoms. The van der Waals surface area contributed by atoms with Crippen LogP contribution in [0.15, 0.2) is 11.4 Å². The molecule has 0 spiro atoms. The molecule has 0 aliphatic carbocycles. The second-order valence-corrected chi connectivity index (χ2v) is 4.75. The van der Waals surface area contributed by atoms with Crippen molar-refractivity contribution in [2.45, 2.75) is 18.5 Å². The molecule has 0 unspecified atom stereocenters. The fourth-order valence-electron chi connectivity index (χ4n) is 1.32. The summed E-state index contributed by atoms with van der Waals surface area (Å²) in [4.78, 5) is 7.07. The van der Waals surface area contributed by atoms with Crippen molar-refractivity contribution in [2.24, 2.45) is 0 Å². The van der Waals surface area contributed by atoms with E-state index in [4.69, 9.17) is 11.6 Å². The Balaban J connectivity index is 2.46. The topological polar surface area (TPSA) is 35.0 Å². The van der Waals surface area contributed by atoms with Crippen LogP contribution in [0.3, 0.4) is 0 Å². The minimum absolute atomic E-state index is 0.0714. The number of aromatic nitrogens is 2. The van der Waals surface area contributed by atoms with Crippen LogP contribution < -0.4 is 4.74 Å². The maximum atomic E-state index is 12.4. The number of thiophene rings is 1. The van der Waals surface area contributed by atoms with E-state index < -0.39 is 29.6 Å². The molecule has 2 rings (SSSR count). The Morgan fingerprint density at radius 2 is 1.70 bits per heavy atom. The predicted octanol–water partition coefficient (Wildman–Crippen LogP) is 4.22. The lowest BCUT2D eigenvalue weighted by Crippen LogP contribution is -2.46. The van der Waals surface area contributed by atoms with Gasteiger partial charge in [-0.15, -0.1) is 11.3 Å². The molecule has 0 saturated heterocycles. The average molecular weight is 337 g/mol. The largest absolute Gasteiger partial charge is 0.454 e. The zero-order chi connectivity index (χ0) is 15.1. The van der Waals surface area contributed by atoms with Gasteiger partial charge in [-0.25, -0.2) is 4.98 Å². The molecule has 0 aliphatic heterocycles. The van der Waals surface area contributed by atoms with Crippen molar-refractivity contribution in [3.05, 3.63) is 16.7 Å². The summed E-state index contributed by atoms with van der Waals surface area (Å²) in [5.74, 6) is -0.860. The highest BCUT2D eigenvalue weighted by Crippen LogP contribution is 2.38. The fraction of sp³-hybridized carbons (Fsp3) is 0.333. The molecule has 0 saturated carbocycles. The van der Waals surface area contributed by atoms with E-state index in [1.54, 1.807) is 0 Å². The lowest BCUT2D eigenvalue weighted by atomic mass is 10.3. The number of alkyl halides is 6. The lowest BCUT2D eigenvalue weighted by Gasteiger charge is -2.23. The third-order valence-corrected chi connectivity index (χ3v) is 3.06. The van der Waals surface area contributed by atoms with Gasteiger partial charge < -0.3 is 4.74 Å². The van der Waals surface area contributed by atoms with Crippen molar-refractivity contribution in [2.75, 3.05) is 0 Å². The molecule has 0 N–H and O–H groups in total. The molecule has 0 aromatic carbocycles. The SMILES string of the molecule is FC(F)(F)C(Oc1nc(Cl)nc2sccc12)C(F)(F)F. The van der Waals surface area contributed by atoms with Crippen molar-refractivity contribution in [3.8, 4) is 5.88 Å². The molecule has 0 aliphatic rings. The Bertz CT molecular complexity index is 611. The second kappa shape index (κ2) is 4.92. The maximum Gasteiger partial charge on any atom is 0.434 e. The number of rotatable bonds is 2. The van der Waals surface area contributed by atoms with E-state index in [9.17, 15) is 26.3 Å². The smallest absolute Gasteiger partial charge is 0.434 e. The van der Waals surface area contributed by atoms with Crippen LogP contribution in [0.4, 0.5) is 26.3 Å². The molecule has 110 valence electrons. The summed E-state index contributed by atoms with van der Waals surface area (Å²) in [5, 5.41) is 0.842. The van der Waals surface area contributed by atoms with Crippen LogP contribution in [0.1, 0.15) is 0 Å². The van der Waals surface area contributed by atoms with Gasteiger partial charge in [0.1, 0.15) is 4.83 Å². The molecular weight excluding hydrogens is 334 g/mol. The van der Waals surface area contributed by atoms with Gasteiger partial charge >= 0.3 is 12.4 Å². The zero-order valence-corrected chi connectivity index (χ0v) is 10.7. The van der Waals surface area contributed by atoms with Crippen molar-refractivity contribution < 1.29 is 31.1 Å². The summed E-state index contributed by atoms with van der Waals surface area (Å²) in [5.41, 5.74) is 0. The molecule has 2 heterocycles. The Labute approximate surface area is 116 Å². The molecule has 0 radical (unpaired) electrons. The molecule has 2 aromatic rings. The third-order valence-electron chi connectivity index (χ3n) is 2.09. The first-order chi connectivity index (χ1) is 9.09. The second-order valence-electron chi connectivity index (χ2n) is 3.52. The van der Waals surface area contributed by atoms with Crippen molar-refractivity contribution in [3.63, 3.8) is 0 Å². The molecule has 0 atom stereocenters. The Morgan fingerprint density at radius 1 is 1.10 bits per heavy atom. The summed E-state index contributed by atoms with van der Waals surface area (Å²) in [6.07, 6.45) is -15.2. The summed E-state index contributed by atoms with van der Waals surface area (Å²) in [6, 6.07) is 1.25. The number of ether oxygens (including phenoxy) is 1. The van der Waals surface area contributed by atoms with Gasteiger partial charge in [0.25, 0.3) is 6.10 Å². The van der Waals surface area contributed by atoms with Crippen molar-refractivity contribution >= 4 is 33.2 Å². The van der Waals surface area contributed by atoms with E-state index in [1.165, 1.54) is 11.4 Å². The van der Waals surface area contributed by atoms with Crippen LogP contribution in [0.25, 0.3) is 10.2 Å². The standard InChI is InChI=1S/C9H3ClF6N2OS/c10-7-17-4(3-1-2-20-5(3)18-7)19-6(8(11,12)13)9(14,15)16/h1-2,6H. The minimum atomic E-state index is -5.63. The number of fused-ring (bicyclic) bond motifs is 1. The summed E-state index contributed by atoms with van der Waals surface area (Å²) in [7, 11) is 0. The number of halogens is 7. The van der Waals surface area contributed by atoms with Crippen LogP contribution in [0.5, 0.6) is 5.88 Å². The van der Waals surface area contributed by atoms with Gasteiger partial charge in [-0.1, -0.05) is 0 Å². The Hall–Kier alpha value is -1.29. The van der Waals surface area contributed by atoms with Crippen LogP contribution in [0.2, 0.25) is 5.28 Å². The number of hydrogen-bond donors (Lipinski definition) is 0. The first-order valence-corrected chi connectivity index (χ1v) is 6.05. The highest BCUT2D eigenvalue weighted by molar-refractivity contribution is 7.16. The highest BCUT2D eigenvalue weighted by atomic mass is 35.5. The van der Waals surface area contributed by atoms with E-state index in [2.05, 4.69) is 14.7 Å². The quantitative estimate of drug-likeness (QED) is 0.608. The normalized spacial score (nSPS) is 13.2. The van der Waals surface area contributed by atoms with E-state index in [-0.39, 0.29) is 10.2 Å². The van der Waals surface area contributed by atoms with Crippen molar-refractivity contribution in [1.82, 2.24) is 9.97 Å². The number of nitrogens with zero attached hydrogens (tertiary/aromatic N) is 2. The van der Waals surface area contributed by atoms with Crippen molar-refractivity contribution in [1.29, 1.82) is 0 Å². The zero-order valence-electron chi connectivity index (χ0n) is 9.09. The molecule has 3 nitrogen and oxygen atoms in total. The summed E-state index contributed by atoms with van der Waals surface area (Å²) in [6.45, 7) is 0. The molecule has 2 aromatic heterocycles. The van der Waals surface area contributed by atoms with E-state index in [0.717, 1.165) is 11.3 Å².